The predicted octanol–water partition coefficient (Wildman–Crippen LogP) is 2.53. The first-order valence-electron chi connectivity index (χ1n) is 14.9. The molecule has 0 aromatic heterocycles. The van der Waals surface area contributed by atoms with Crippen LogP contribution in [0, 0.1) is 0 Å². The normalized spacial score (nSPS) is 22.9. The summed E-state index contributed by atoms with van der Waals surface area (Å²) in [6, 6.07) is 13.5. The van der Waals surface area contributed by atoms with E-state index < -0.39 is 94.8 Å². The molecule has 1 saturated heterocycles. The molecule has 0 saturated carbocycles. The molecule has 0 N–H and O–H groups in total. The summed E-state index contributed by atoms with van der Waals surface area (Å²) in [5.74, 6) is -4.45. The van der Waals surface area contributed by atoms with Crippen LogP contribution >= 0.6 is 0 Å². The Bertz CT molecular complexity index is 1340. The molecule has 0 aliphatic carbocycles. The molecule has 1 heterocycles. The Morgan fingerprint density at radius 2 is 1.39 bits per heavy atom. The van der Waals surface area contributed by atoms with Gasteiger partial charge >= 0.3 is 29.8 Å². The monoisotopic (exact) mass is 576 g/mol. The maximum absolute atomic E-state index is 12.4. The molecule has 0 spiro atoms. The molecule has 3 rings (SSSR count). The number of esters is 5. The number of hydrogen-bond acceptors (Lipinski definition) is 12. The van der Waals surface area contributed by atoms with Crippen molar-refractivity contribution in [2.75, 3.05) is 13.7 Å². The van der Waals surface area contributed by atoms with Crippen molar-refractivity contribution < 1.29 is 62.6 Å². The zero-order chi connectivity index (χ0) is 32.9. The second-order valence-corrected chi connectivity index (χ2v) is 8.65. The van der Waals surface area contributed by atoms with Crippen LogP contribution in [0.15, 0.2) is 48.5 Å². The average molecular weight is 577 g/mol. The summed E-state index contributed by atoms with van der Waals surface area (Å²) in [6.07, 6.45) is -7.94. The zero-order valence-electron chi connectivity index (χ0n) is 26.1. The quantitative estimate of drug-likeness (QED) is 0.302. The lowest BCUT2D eigenvalue weighted by atomic mass is 9.97. The molecular weight excluding hydrogens is 540 g/mol. The lowest BCUT2D eigenvalue weighted by molar-refractivity contribution is -0.288. The summed E-state index contributed by atoms with van der Waals surface area (Å²) in [6.45, 7) is -3.92. The summed E-state index contributed by atoms with van der Waals surface area (Å²) in [5, 5.41) is 0. The van der Waals surface area contributed by atoms with E-state index in [1.54, 1.807) is 48.5 Å². The first-order valence-corrected chi connectivity index (χ1v) is 12.1. The molecule has 1 aliphatic rings. The van der Waals surface area contributed by atoms with E-state index in [0.29, 0.717) is 16.7 Å². The fraction of sp³-hybridized carbons (Fsp3) is 0.414. The number of carbonyl (C=O) groups excluding carboxylic acids is 5. The van der Waals surface area contributed by atoms with Crippen molar-refractivity contribution in [1.29, 1.82) is 0 Å². The maximum Gasteiger partial charge on any atom is 0.309 e. The van der Waals surface area contributed by atoms with E-state index in [1.807, 2.05) is 0 Å². The largest absolute Gasteiger partial charge is 0.469 e. The second kappa shape index (κ2) is 14.3. The molecule has 2 aromatic rings. The Kier molecular flexibility index (Phi) is 8.87. The third-order valence-electron chi connectivity index (χ3n) is 5.77. The van der Waals surface area contributed by atoms with Crippen LogP contribution in [0.3, 0.4) is 0 Å². The van der Waals surface area contributed by atoms with Gasteiger partial charge in [0.25, 0.3) is 0 Å². The molecule has 12 nitrogen and oxygen atoms in total. The minimum absolute atomic E-state index is 0.0600. The number of rotatable bonds is 10. The summed E-state index contributed by atoms with van der Waals surface area (Å²) in [7, 11) is 1.29. The standard InChI is InChI=1S/C29H32O12/c1-16(30)36-15-24-26(37-17(2)31)27(38-18(3)32)28(39-19(4)33)29(41-24)40-23-9-7-6-8-22(23)21-12-10-20(11-13-21)14-25(34)35-5/h6-13,24,26-29H,14-15H2,1-5H3/t24-,26-,27+,28+,29?/m1/s1/i1D,2D,3D,4D. The molecule has 1 aliphatic heterocycles. The van der Waals surface area contributed by atoms with Crippen molar-refractivity contribution in [2.24, 2.45) is 0 Å². The van der Waals surface area contributed by atoms with E-state index in [9.17, 15) is 24.0 Å². The third-order valence-corrected chi connectivity index (χ3v) is 5.77. The van der Waals surface area contributed by atoms with Gasteiger partial charge < -0.3 is 33.2 Å². The van der Waals surface area contributed by atoms with E-state index in [-0.39, 0.29) is 12.2 Å². The van der Waals surface area contributed by atoms with Crippen molar-refractivity contribution in [2.45, 2.75) is 64.7 Å². The highest BCUT2D eigenvalue weighted by Crippen LogP contribution is 2.35. The highest BCUT2D eigenvalue weighted by atomic mass is 16.7. The molecule has 0 amide bonds. The van der Waals surface area contributed by atoms with Gasteiger partial charge in [0.1, 0.15) is 18.5 Å². The van der Waals surface area contributed by atoms with Gasteiger partial charge in [-0.25, -0.2) is 0 Å². The lowest BCUT2D eigenvalue weighted by Gasteiger charge is -2.44. The van der Waals surface area contributed by atoms with Crippen LogP contribution in [0.2, 0.25) is 0 Å². The van der Waals surface area contributed by atoms with Crippen LogP contribution in [0.1, 0.15) is 38.6 Å². The van der Waals surface area contributed by atoms with Crippen LogP contribution < -0.4 is 4.74 Å². The Morgan fingerprint density at radius 3 is 2.02 bits per heavy atom. The summed E-state index contributed by atoms with van der Waals surface area (Å²) >= 11 is 0. The van der Waals surface area contributed by atoms with E-state index in [1.165, 1.54) is 7.11 Å². The topological polar surface area (TPSA) is 150 Å². The minimum atomic E-state index is -1.68. The van der Waals surface area contributed by atoms with Crippen LogP contribution in [0.5, 0.6) is 5.75 Å². The van der Waals surface area contributed by atoms with Crippen LogP contribution in [0.25, 0.3) is 11.1 Å². The number of para-hydroxylation sites is 1. The molecule has 12 heteroatoms. The van der Waals surface area contributed by atoms with Gasteiger partial charge in [-0.05, 0) is 17.2 Å². The molecule has 41 heavy (non-hydrogen) atoms. The Balaban J connectivity index is 2.05. The van der Waals surface area contributed by atoms with Crippen molar-refractivity contribution in [1.82, 2.24) is 0 Å². The van der Waals surface area contributed by atoms with Crippen molar-refractivity contribution >= 4 is 29.8 Å². The van der Waals surface area contributed by atoms with Gasteiger partial charge in [-0.1, -0.05) is 42.5 Å². The first kappa shape index (κ1) is 25.5. The van der Waals surface area contributed by atoms with Crippen molar-refractivity contribution in [3.05, 3.63) is 54.1 Å². The van der Waals surface area contributed by atoms with Crippen LogP contribution in [-0.4, -0.2) is 74.3 Å². The van der Waals surface area contributed by atoms with Crippen LogP contribution in [0.4, 0.5) is 0 Å². The highest BCUT2D eigenvalue weighted by Gasteiger charge is 2.53. The summed E-state index contributed by atoms with van der Waals surface area (Å²) in [5.41, 5.74) is 1.87. The average Bonchev–Trinajstić information content (AvgIpc) is 3.06. The van der Waals surface area contributed by atoms with Gasteiger partial charge in [-0.15, -0.1) is 0 Å². The minimum Gasteiger partial charge on any atom is -0.469 e. The van der Waals surface area contributed by atoms with E-state index in [4.69, 9.17) is 38.6 Å². The van der Waals surface area contributed by atoms with Gasteiger partial charge in [-0.2, -0.15) is 0 Å². The molecule has 5 atom stereocenters. The molecule has 1 fully saturated rings. The van der Waals surface area contributed by atoms with E-state index >= 15 is 0 Å². The predicted molar refractivity (Wildman–Crippen MR) is 140 cm³/mol. The molecule has 2 aromatic carbocycles. The fourth-order valence-electron chi connectivity index (χ4n) is 4.11. The molecule has 0 radical (unpaired) electrons. The molecule has 1 unspecified atom stereocenters. The maximum atomic E-state index is 12.4. The Hall–Kier alpha value is -4.45. The molecule has 0 bridgehead atoms. The number of hydrogen-bond donors (Lipinski definition) is 0. The molecular formula is C29H32O12. The highest BCUT2D eigenvalue weighted by molar-refractivity contribution is 5.74. The summed E-state index contributed by atoms with van der Waals surface area (Å²) < 4.78 is 67.4. The van der Waals surface area contributed by atoms with Crippen LogP contribution in [-0.2, 0) is 58.8 Å². The van der Waals surface area contributed by atoms with E-state index in [2.05, 4.69) is 0 Å². The Morgan fingerprint density at radius 1 is 0.780 bits per heavy atom. The molecule has 220 valence electrons. The third kappa shape index (κ3) is 8.77. The number of benzene rings is 2. The summed E-state index contributed by atoms with van der Waals surface area (Å²) in [4.78, 5) is 60.4. The van der Waals surface area contributed by atoms with Gasteiger partial charge in [0.15, 0.2) is 12.2 Å². The van der Waals surface area contributed by atoms with E-state index in [0.717, 1.165) is 0 Å². The number of carbonyl (C=O) groups is 5. The van der Waals surface area contributed by atoms with Crippen molar-refractivity contribution in [3.8, 4) is 16.9 Å². The SMILES string of the molecule is [2H]CC(=O)OC[C@H]1OC(Oc2ccccc2-c2ccc(CC(=O)OC)cc2)[C@@H](OC(=O)C[2H])[C@@H](OC(=O)C[2H])[C@@H]1OC(=O)C[2H]. The van der Waals surface area contributed by atoms with Gasteiger partial charge in [0.2, 0.25) is 12.4 Å². The smallest absolute Gasteiger partial charge is 0.309 e. The van der Waals surface area contributed by atoms with Gasteiger partial charge in [0.05, 0.1) is 13.5 Å². The number of methoxy groups -OCH3 is 1. The number of ether oxygens (including phenoxy) is 7. The second-order valence-electron chi connectivity index (χ2n) is 8.65. The van der Waals surface area contributed by atoms with Gasteiger partial charge in [-0.3, -0.25) is 24.0 Å². The zero-order valence-corrected chi connectivity index (χ0v) is 22.1. The lowest BCUT2D eigenvalue weighted by Crippen LogP contribution is -2.63. The fourth-order valence-corrected chi connectivity index (χ4v) is 4.11. The first-order chi connectivity index (χ1) is 21.6. The van der Waals surface area contributed by atoms with Gasteiger partial charge in [0, 0.05) is 38.6 Å². The Labute approximate surface area is 242 Å². The van der Waals surface area contributed by atoms with Crippen molar-refractivity contribution in [3.63, 3.8) is 0 Å².